The average molecular weight is 899 g/mol. The van der Waals surface area contributed by atoms with Crippen molar-refractivity contribution in [3.05, 3.63) is 248 Å². The van der Waals surface area contributed by atoms with E-state index in [2.05, 4.69) is 68.1 Å². The Kier molecular flexibility index (Phi) is 7.94. The quantitative estimate of drug-likeness (QED) is 0.107. The molecule has 0 aliphatic heterocycles. The van der Waals surface area contributed by atoms with E-state index in [9.17, 15) is 5.48 Å². The molecule has 12 aromatic rings. The minimum atomic E-state index is -0.577. The molecule has 0 saturated heterocycles. The van der Waals surface area contributed by atoms with Crippen molar-refractivity contribution in [1.29, 1.82) is 0 Å². The fourth-order valence-electron chi connectivity index (χ4n) is 9.29. The highest BCUT2D eigenvalue weighted by Gasteiger charge is 2.22. The smallest absolute Gasteiger partial charge is 0.269 e. The van der Waals surface area contributed by atoms with Gasteiger partial charge in [-0.25, -0.2) is 4.98 Å². The van der Waals surface area contributed by atoms with E-state index in [-0.39, 0.29) is 33.4 Å². The molecule has 3 aromatic heterocycles. The van der Waals surface area contributed by atoms with E-state index in [1.807, 2.05) is 126 Å². The normalized spacial score (nSPS) is 13.7. The van der Waals surface area contributed by atoms with E-state index in [0.717, 1.165) is 55.4 Å². The summed E-state index contributed by atoms with van der Waals surface area (Å²) in [5, 5.41) is 2.11. The van der Waals surface area contributed by atoms with Crippen molar-refractivity contribution in [2.75, 3.05) is 0 Å². The van der Waals surface area contributed by atoms with Gasteiger partial charge in [-0.05, 0) is 110 Å². The molecular weight excluding hydrogens is 841 g/mol. The summed E-state index contributed by atoms with van der Waals surface area (Å²) in [6, 6.07) is 49.5. The molecule has 3 heterocycles. The molecule has 0 spiro atoms. The highest BCUT2D eigenvalue weighted by atomic mass is 16.5. The van der Waals surface area contributed by atoms with Gasteiger partial charge in [-0.15, -0.1) is 0 Å². The number of fused-ring (bicyclic) bond motifs is 4. The minimum Gasteiger partial charge on any atom is -0.458 e. The van der Waals surface area contributed by atoms with Gasteiger partial charge >= 0.3 is 0 Å². The predicted molar refractivity (Wildman–Crippen MR) is 283 cm³/mol. The lowest BCUT2D eigenvalue weighted by molar-refractivity contribution is -0.571. The second-order valence-corrected chi connectivity index (χ2v) is 17.9. The molecule has 0 radical (unpaired) electrons. The Labute approximate surface area is 416 Å². The van der Waals surface area contributed by atoms with Crippen molar-refractivity contribution >= 4 is 32.8 Å². The van der Waals surface area contributed by atoms with Crippen LogP contribution in [0, 0.1) is 6.33 Å². The van der Waals surface area contributed by atoms with Crippen LogP contribution in [0.5, 0.6) is 11.5 Å². The van der Waals surface area contributed by atoms with Gasteiger partial charge in [0.25, 0.3) is 6.33 Å². The maximum atomic E-state index is 9.24. The number of hydrogen-bond donors (Lipinski definition) is 0. The molecule has 0 fully saturated rings. The molecule has 0 N–H and O–H groups in total. The topological polar surface area (TPSA) is 35.9 Å². The molecule has 0 atom stereocenters. The number of pyridine rings is 1. The van der Waals surface area contributed by atoms with Gasteiger partial charge in [-0.1, -0.05) is 190 Å². The monoisotopic (exact) mass is 898 g/mol. The van der Waals surface area contributed by atoms with Crippen LogP contribution >= 0.6 is 0 Å². The van der Waals surface area contributed by atoms with E-state index >= 15 is 0 Å². The Morgan fingerprint density at radius 3 is 1.88 bits per heavy atom. The molecule has 330 valence electrons. The lowest BCUT2D eigenvalue weighted by Gasteiger charge is -2.20. The van der Waals surface area contributed by atoms with Gasteiger partial charge in [0.15, 0.2) is 0 Å². The summed E-state index contributed by atoms with van der Waals surface area (Å²) in [7, 11) is 0. The van der Waals surface area contributed by atoms with Gasteiger partial charge < -0.3 is 4.74 Å². The Bertz CT molecular complexity index is 4320. The maximum Gasteiger partial charge on any atom is 0.269 e. The number of rotatable bonds is 9. The molecule has 9 aromatic carbocycles. The van der Waals surface area contributed by atoms with Gasteiger partial charge in [0, 0.05) is 23.0 Å². The summed E-state index contributed by atoms with van der Waals surface area (Å²) in [5.74, 6) is 1.87. The number of para-hydroxylation sites is 2. The molecule has 0 aliphatic rings. The Balaban J connectivity index is 1.09. The van der Waals surface area contributed by atoms with E-state index in [1.54, 1.807) is 22.8 Å². The predicted octanol–water partition coefficient (Wildman–Crippen LogP) is 16.0. The molecule has 12 rings (SSSR count). The van der Waals surface area contributed by atoms with Crippen molar-refractivity contribution in [1.82, 2.24) is 14.1 Å². The molecule has 0 bridgehead atoms. The second-order valence-electron chi connectivity index (χ2n) is 17.9. The third-order valence-corrected chi connectivity index (χ3v) is 12.6. The van der Waals surface area contributed by atoms with Crippen LogP contribution in [0.3, 0.4) is 0 Å². The molecule has 0 aliphatic carbocycles. The second kappa shape index (κ2) is 17.1. The molecule has 0 unspecified atom stereocenters. The lowest BCUT2D eigenvalue weighted by atomic mass is 9.88. The van der Waals surface area contributed by atoms with Crippen LogP contribution in [0.2, 0.25) is 0 Å². The third kappa shape index (κ3) is 7.64. The number of benzene rings is 9. The molecule has 69 heavy (non-hydrogen) atoms. The first-order chi connectivity index (χ1) is 38.0. The molecule has 5 heteroatoms. The Morgan fingerprint density at radius 1 is 0.507 bits per heavy atom. The first kappa shape index (κ1) is 32.0. The van der Waals surface area contributed by atoms with Gasteiger partial charge in [0.05, 0.1) is 47.1 Å². The highest BCUT2D eigenvalue weighted by Crippen LogP contribution is 2.39. The van der Waals surface area contributed by atoms with Crippen LogP contribution in [0.4, 0.5) is 0 Å². The average Bonchev–Trinajstić information content (AvgIpc) is 4.23. The molecule has 0 saturated carbocycles. The summed E-state index contributed by atoms with van der Waals surface area (Å²) in [6.07, 6.45) is 5.41. The van der Waals surface area contributed by atoms with Crippen LogP contribution in [0.15, 0.2) is 236 Å². The zero-order valence-electron chi connectivity index (χ0n) is 47.9. The van der Waals surface area contributed by atoms with E-state index in [1.165, 1.54) is 0 Å². The number of nitrogens with zero attached hydrogens (tertiary/aromatic N) is 4. The molecule has 0 amide bonds. The van der Waals surface area contributed by atoms with Gasteiger partial charge in [0.1, 0.15) is 17.3 Å². The van der Waals surface area contributed by atoms with E-state index < -0.39 is 60.4 Å². The van der Waals surface area contributed by atoms with Crippen molar-refractivity contribution in [2.45, 2.75) is 26.2 Å². The standard InChI is InChI=1S/C64H48N4O/c1-64(2,3)48-37-38-65-62(40-48)68-58-32-16-15-29-56(58)57-35-34-51(42-60(57)68)69-50-26-17-25-49(41-50)66-43-67(63-54(45-21-9-5-10-22-45)30-18-31-55(63)46-23-11-6-12-24-46)61-39-47(33-36-59(61)66)53-28-14-13-27-52(53)44-19-7-4-8-20-44/h4-42H,1-3H3/i5D,6D,9D,10D,11D,12D,21D,22D,23D,24D. The van der Waals surface area contributed by atoms with Crippen LogP contribution in [0.25, 0.3) is 94.5 Å². The first-order valence-corrected chi connectivity index (χ1v) is 22.7. The summed E-state index contributed by atoms with van der Waals surface area (Å²) in [6.45, 7) is 6.54. The summed E-state index contributed by atoms with van der Waals surface area (Å²) >= 11 is 0. The van der Waals surface area contributed by atoms with Crippen molar-refractivity contribution in [3.63, 3.8) is 0 Å². The van der Waals surface area contributed by atoms with Gasteiger partial charge in [-0.3, -0.25) is 13.7 Å². The number of aromatic nitrogens is 4. The van der Waals surface area contributed by atoms with E-state index in [0.29, 0.717) is 28.2 Å². The molecule has 5 nitrogen and oxygen atoms in total. The van der Waals surface area contributed by atoms with Crippen molar-refractivity contribution < 1.29 is 23.0 Å². The summed E-state index contributed by atoms with van der Waals surface area (Å²) in [4.78, 5) is 4.86. The Hall–Kier alpha value is -8.80. The van der Waals surface area contributed by atoms with Crippen LogP contribution < -0.4 is 9.30 Å². The van der Waals surface area contributed by atoms with Crippen molar-refractivity contribution in [2.24, 2.45) is 0 Å². The van der Waals surface area contributed by atoms with E-state index in [4.69, 9.17) is 17.9 Å². The summed E-state index contributed by atoms with van der Waals surface area (Å²) < 4.78 is 101. The largest absolute Gasteiger partial charge is 0.458 e. The van der Waals surface area contributed by atoms with Gasteiger partial charge in [-0.2, -0.15) is 0 Å². The maximum absolute atomic E-state index is 9.24. The fraction of sp³-hybridized carbons (Fsp3) is 0.0625. The molecular formula is C64H48N4O. The van der Waals surface area contributed by atoms with Crippen LogP contribution in [-0.2, 0) is 5.41 Å². The number of imidazole rings is 1. The van der Waals surface area contributed by atoms with Gasteiger partial charge in [0.2, 0.25) is 0 Å². The van der Waals surface area contributed by atoms with Crippen molar-refractivity contribution in [3.8, 4) is 73.2 Å². The Morgan fingerprint density at radius 2 is 1.14 bits per heavy atom. The fourth-order valence-corrected chi connectivity index (χ4v) is 9.29. The summed E-state index contributed by atoms with van der Waals surface area (Å²) in [5.41, 5.74) is 8.56. The van der Waals surface area contributed by atoms with Crippen LogP contribution in [0.1, 0.15) is 40.0 Å². The first-order valence-electron chi connectivity index (χ1n) is 27.7. The SMILES string of the molecule is [2H]c1c([2H])c([2H])c(-c2cccc(-c3c([2H])c([2H])c([2H])c([2H])c3[2H])c2-[n+]2[c-]n(-c3cccc(Oc4ccc5c6ccccc6n(-c6cc(C(C)(C)C)ccn6)c5c4)c3)c3ccc(-c4ccccc4-c4ccccc4)cc32)c([2H])c1[2H]. The zero-order chi connectivity index (χ0) is 55.2. The number of ether oxygens (including phenoxy) is 1. The minimum absolute atomic E-state index is 0.103. The highest BCUT2D eigenvalue weighted by molar-refractivity contribution is 6.09. The zero-order valence-corrected chi connectivity index (χ0v) is 37.9. The third-order valence-electron chi connectivity index (χ3n) is 12.6. The lowest BCUT2D eigenvalue weighted by Crippen LogP contribution is -2.31. The van der Waals surface area contributed by atoms with Crippen LogP contribution in [-0.4, -0.2) is 14.1 Å². The number of hydrogen-bond acceptors (Lipinski definition) is 2.